The number of halogens is 1. The van der Waals surface area contributed by atoms with Gasteiger partial charge in [-0.2, -0.15) is 0 Å². The standard InChI is InChI=1S/C16H17BrN2O2/c1-2-9-19(13-6-4-12(18)5-7-13)16(21)14-8-3-11(17)10-15(14)20/h3-8,10,20H,2,9,18H2,1H3. The molecule has 0 radical (unpaired) electrons. The van der Waals surface area contributed by atoms with E-state index < -0.39 is 0 Å². The van der Waals surface area contributed by atoms with Crippen molar-refractivity contribution in [2.45, 2.75) is 13.3 Å². The Labute approximate surface area is 132 Å². The Balaban J connectivity index is 2.37. The van der Waals surface area contributed by atoms with Gasteiger partial charge in [0.1, 0.15) is 5.75 Å². The van der Waals surface area contributed by atoms with Gasteiger partial charge in [0.15, 0.2) is 0 Å². The highest BCUT2D eigenvalue weighted by Crippen LogP contribution is 2.26. The number of benzene rings is 2. The van der Waals surface area contributed by atoms with Crippen molar-refractivity contribution in [3.8, 4) is 5.75 Å². The van der Waals surface area contributed by atoms with Crippen LogP contribution in [0.5, 0.6) is 5.75 Å². The molecular formula is C16H17BrN2O2. The fraction of sp³-hybridized carbons (Fsp3) is 0.188. The first-order chi connectivity index (χ1) is 10.0. The summed E-state index contributed by atoms with van der Waals surface area (Å²) in [7, 11) is 0. The van der Waals surface area contributed by atoms with Crippen LogP contribution in [0, 0.1) is 0 Å². The summed E-state index contributed by atoms with van der Waals surface area (Å²) in [5, 5.41) is 9.97. The number of nitrogens with zero attached hydrogens (tertiary/aromatic N) is 1. The Morgan fingerprint density at radius 2 is 1.90 bits per heavy atom. The highest BCUT2D eigenvalue weighted by Gasteiger charge is 2.20. The molecule has 0 spiro atoms. The minimum absolute atomic E-state index is 0.0362. The SMILES string of the molecule is CCCN(C(=O)c1ccc(Br)cc1O)c1ccc(N)cc1. The summed E-state index contributed by atoms with van der Waals surface area (Å²) in [5.74, 6) is -0.266. The Morgan fingerprint density at radius 1 is 1.24 bits per heavy atom. The quantitative estimate of drug-likeness (QED) is 0.826. The largest absolute Gasteiger partial charge is 0.507 e. The molecule has 4 nitrogen and oxygen atoms in total. The zero-order valence-electron chi connectivity index (χ0n) is 11.7. The number of hydrogen-bond acceptors (Lipinski definition) is 3. The number of carbonyl (C=O) groups is 1. The molecule has 0 bridgehead atoms. The lowest BCUT2D eigenvalue weighted by Crippen LogP contribution is -2.31. The molecule has 5 heteroatoms. The molecule has 110 valence electrons. The molecule has 0 saturated heterocycles. The van der Waals surface area contributed by atoms with Crippen LogP contribution in [0.3, 0.4) is 0 Å². The molecule has 3 N–H and O–H groups in total. The second kappa shape index (κ2) is 6.63. The molecule has 0 aliphatic heterocycles. The van der Waals surface area contributed by atoms with Gasteiger partial charge in [0.25, 0.3) is 5.91 Å². The van der Waals surface area contributed by atoms with Gasteiger partial charge in [-0.3, -0.25) is 4.79 Å². The molecule has 0 aliphatic rings. The molecule has 0 fully saturated rings. The number of hydrogen-bond donors (Lipinski definition) is 2. The highest BCUT2D eigenvalue weighted by atomic mass is 79.9. The van der Waals surface area contributed by atoms with Crippen LogP contribution in [0.4, 0.5) is 11.4 Å². The van der Waals surface area contributed by atoms with Gasteiger partial charge in [0.2, 0.25) is 0 Å². The molecule has 0 aromatic heterocycles. The Bertz CT molecular complexity index is 641. The van der Waals surface area contributed by atoms with Crippen LogP contribution in [0.25, 0.3) is 0 Å². The fourth-order valence-electron chi connectivity index (χ4n) is 2.06. The van der Waals surface area contributed by atoms with E-state index in [1.807, 2.05) is 6.92 Å². The van der Waals surface area contributed by atoms with Gasteiger partial charge in [-0.05, 0) is 48.9 Å². The molecule has 21 heavy (non-hydrogen) atoms. The summed E-state index contributed by atoms with van der Waals surface area (Å²) in [6, 6.07) is 12.0. The van der Waals surface area contributed by atoms with E-state index in [0.717, 1.165) is 16.6 Å². The van der Waals surface area contributed by atoms with Gasteiger partial charge in [0.05, 0.1) is 5.56 Å². The van der Waals surface area contributed by atoms with Crippen LogP contribution < -0.4 is 10.6 Å². The first-order valence-electron chi connectivity index (χ1n) is 6.69. The number of phenols is 1. The summed E-state index contributed by atoms with van der Waals surface area (Å²) in [5.41, 5.74) is 7.37. The van der Waals surface area contributed by atoms with E-state index in [2.05, 4.69) is 15.9 Å². The Hall–Kier alpha value is -2.01. The molecule has 2 rings (SSSR count). The molecule has 0 heterocycles. The van der Waals surface area contributed by atoms with Crippen LogP contribution in [0.2, 0.25) is 0 Å². The predicted octanol–water partition coefficient (Wildman–Crippen LogP) is 3.79. The molecule has 1 amide bonds. The number of nitrogens with two attached hydrogens (primary N) is 1. The van der Waals surface area contributed by atoms with Crippen molar-refractivity contribution >= 4 is 33.2 Å². The zero-order chi connectivity index (χ0) is 15.4. The van der Waals surface area contributed by atoms with E-state index in [4.69, 9.17) is 5.73 Å². The summed E-state index contributed by atoms with van der Waals surface area (Å²) >= 11 is 3.27. The van der Waals surface area contributed by atoms with Crippen molar-refractivity contribution in [2.24, 2.45) is 0 Å². The van der Waals surface area contributed by atoms with Gasteiger partial charge in [-0.25, -0.2) is 0 Å². The lowest BCUT2D eigenvalue weighted by atomic mass is 10.1. The lowest BCUT2D eigenvalue weighted by molar-refractivity contribution is 0.0984. The van der Waals surface area contributed by atoms with Gasteiger partial charge in [0, 0.05) is 22.4 Å². The van der Waals surface area contributed by atoms with Crippen molar-refractivity contribution in [1.82, 2.24) is 0 Å². The molecule has 2 aromatic rings. The molecule has 0 atom stereocenters. The van der Waals surface area contributed by atoms with Crippen molar-refractivity contribution < 1.29 is 9.90 Å². The number of rotatable bonds is 4. The van der Waals surface area contributed by atoms with E-state index in [1.54, 1.807) is 41.3 Å². The monoisotopic (exact) mass is 348 g/mol. The van der Waals surface area contributed by atoms with Gasteiger partial charge >= 0.3 is 0 Å². The first kappa shape index (κ1) is 15.4. The van der Waals surface area contributed by atoms with E-state index in [9.17, 15) is 9.90 Å². The third-order valence-electron chi connectivity index (χ3n) is 3.09. The van der Waals surface area contributed by atoms with Crippen molar-refractivity contribution in [3.63, 3.8) is 0 Å². The van der Waals surface area contributed by atoms with Gasteiger partial charge in [-0.1, -0.05) is 22.9 Å². The van der Waals surface area contributed by atoms with Crippen LogP contribution in [-0.4, -0.2) is 17.6 Å². The maximum absolute atomic E-state index is 12.7. The minimum atomic E-state index is -0.230. The smallest absolute Gasteiger partial charge is 0.262 e. The first-order valence-corrected chi connectivity index (χ1v) is 7.48. The maximum atomic E-state index is 12.7. The summed E-state index contributed by atoms with van der Waals surface area (Å²) < 4.78 is 0.728. The van der Waals surface area contributed by atoms with Crippen LogP contribution >= 0.6 is 15.9 Å². The fourth-order valence-corrected chi connectivity index (χ4v) is 2.41. The van der Waals surface area contributed by atoms with E-state index >= 15 is 0 Å². The number of phenolic OH excluding ortho intramolecular Hbond substituents is 1. The number of anilines is 2. The molecule has 2 aromatic carbocycles. The lowest BCUT2D eigenvalue weighted by Gasteiger charge is -2.23. The van der Waals surface area contributed by atoms with Crippen LogP contribution in [-0.2, 0) is 0 Å². The molecular weight excluding hydrogens is 332 g/mol. The van der Waals surface area contributed by atoms with E-state index in [0.29, 0.717) is 12.2 Å². The number of nitrogen functional groups attached to an aromatic ring is 1. The van der Waals surface area contributed by atoms with Crippen LogP contribution in [0.1, 0.15) is 23.7 Å². The van der Waals surface area contributed by atoms with E-state index in [1.165, 1.54) is 6.07 Å². The number of carbonyl (C=O) groups excluding carboxylic acids is 1. The summed E-state index contributed by atoms with van der Waals surface area (Å²) in [6.45, 7) is 2.57. The minimum Gasteiger partial charge on any atom is -0.507 e. The zero-order valence-corrected chi connectivity index (χ0v) is 13.3. The maximum Gasteiger partial charge on any atom is 0.262 e. The second-order valence-electron chi connectivity index (χ2n) is 4.71. The van der Waals surface area contributed by atoms with Gasteiger partial charge < -0.3 is 15.7 Å². The van der Waals surface area contributed by atoms with Crippen LogP contribution in [0.15, 0.2) is 46.9 Å². The third kappa shape index (κ3) is 3.55. The van der Waals surface area contributed by atoms with Crippen molar-refractivity contribution in [2.75, 3.05) is 17.2 Å². The summed E-state index contributed by atoms with van der Waals surface area (Å²) in [6.07, 6.45) is 0.813. The van der Waals surface area contributed by atoms with Crippen molar-refractivity contribution in [3.05, 3.63) is 52.5 Å². The Kier molecular flexibility index (Phi) is 4.85. The second-order valence-corrected chi connectivity index (χ2v) is 5.63. The highest BCUT2D eigenvalue weighted by molar-refractivity contribution is 9.10. The predicted molar refractivity (Wildman–Crippen MR) is 88.6 cm³/mol. The third-order valence-corrected chi connectivity index (χ3v) is 3.58. The number of amides is 1. The number of aromatic hydroxyl groups is 1. The molecule has 0 unspecified atom stereocenters. The normalized spacial score (nSPS) is 10.4. The topological polar surface area (TPSA) is 66.6 Å². The summed E-state index contributed by atoms with van der Waals surface area (Å²) in [4.78, 5) is 14.3. The Morgan fingerprint density at radius 3 is 2.48 bits per heavy atom. The molecule has 0 aliphatic carbocycles. The van der Waals surface area contributed by atoms with E-state index in [-0.39, 0.29) is 17.2 Å². The van der Waals surface area contributed by atoms with Crippen molar-refractivity contribution in [1.29, 1.82) is 0 Å². The molecule has 0 saturated carbocycles. The van der Waals surface area contributed by atoms with Gasteiger partial charge in [-0.15, -0.1) is 0 Å². The average molecular weight is 349 g/mol. The average Bonchev–Trinajstić information content (AvgIpc) is 2.45.